The second-order valence-electron chi connectivity index (χ2n) is 6.06. The summed E-state index contributed by atoms with van der Waals surface area (Å²) >= 11 is 5.85. The van der Waals surface area contributed by atoms with Crippen molar-refractivity contribution in [2.24, 2.45) is 5.41 Å². The van der Waals surface area contributed by atoms with Crippen LogP contribution in [0.2, 0.25) is 5.15 Å². The summed E-state index contributed by atoms with van der Waals surface area (Å²) in [6.07, 6.45) is 4.16. The average molecular weight is 333 g/mol. The molecule has 0 N–H and O–H groups in total. The highest BCUT2D eigenvalue weighted by Gasteiger charge is 2.33. The Morgan fingerprint density at radius 3 is 3.00 bits per heavy atom. The Labute approximate surface area is 142 Å². The van der Waals surface area contributed by atoms with Gasteiger partial charge in [-0.05, 0) is 31.6 Å². The highest BCUT2D eigenvalue weighted by atomic mass is 35.5. The van der Waals surface area contributed by atoms with Gasteiger partial charge in [0, 0.05) is 30.3 Å². The van der Waals surface area contributed by atoms with Crippen LogP contribution in [0, 0.1) is 17.3 Å². The summed E-state index contributed by atoms with van der Waals surface area (Å²) < 4.78 is 5.08. The third-order valence-electron chi connectivity index (χ3n) is 3.82. The number of halogens is 1. The first kappa shape index (κ1) is 17.4. The molecule has 122 valence electrons. The van der Waals surface area contributed by atoms with Crippen LogP contribution in [0.1, 0.15) is 32.8 Å². The largest absolute Gasteiger partial charge is 0.450 e. The molecule has 2 rings (SSSR count). The molecule has 0 spiro atoms. The highest BCUT2D eigenvalue weighted by Crippen LogP contribution is 2.34. The van der Waals surface area contributed by atoms with Crippen molar-refractivity contribution >= 4 is 17.7 Å². The van der Waals surface area contributed by atoms with Gasteiger partial charge in [-0.2, -0.15) is 0 Å². The van der Waals surface area contributed by atoms with Gasteiger partial charge in [0.15, 0.2) is 0 Å². The van der Waals surface area contributed by atoms with Crippen LogP contribution >= 0.6 is 11.6 Å². The Morgan fingerprint density at radius 1 is 1.57 bits per heavy atom. The zero-order valence-corrected chi connectivity index (χ0v) is 14.5. The normalized spacial score (nSPS) is 18.3. The maximum absolute atomic E-state index is 11.9. The van der Waals surface area contributed by atoms with Crippen molar-refractivity contribution in [3.63, 3.8) is 0 Å². The maximum atomic E-state index is 11.9. The van der Waals surface area contributed by atoms with Gasteiger partial charge in [-0.15, -0.1) is 0 Å². The van der Waals surface area contributed by atoms with E-state index in [1.807, 2.05) is 19.1 Å². The first-order valence-corrected chi connectivity index (χ1v) is 8.04. The van der Waals surface area contributed by atoms with Crippen molar-refractivity contribution in [3.8, 4) is 11.8 Å². The fourth-order valence-electron chi connectivity index (χ4n) is 2.58. The Kier molecular flexibility index (Phi) is 5.68. The van der Waals surface area contributed by atoms with Crippen LogP contribution in [-0.4, -0.2) is 35.7 Å². The number of ether oxygens (including phenoxy) is 1. The van der Waals surface area contributed by atoms with Crippen molar-refractivity contribution < 1.29 is 9.53 Å². The van der Waals surface area contributed by atoms with Crippen molar-refractivity contribution in [3.05, 3.63) is 40.7 Å². The average Bonchev–Trinajstić information content (AvgIpc) is 2.48. The Bertz CT molecular complexity index is 671. The fourth-order valence-corrected chi connectivity index (χ4v) is 2.75. The quantitative estimate of drug-likeness (QED) is 0.578. The van der Waals surface area contributed by atoms with Gasteiger partial charge in [0.25, 0.3) is 0 Å². The van der Waals surface area contributed by atoms with Gasteiger partial charge < -0.3 is 9.64 Å². The molecule has 1 aliphatic heterocycles. The predicted molar refractivity (Wildman–Crippen MR) is 91.2 cm³/mol. The number of hydrogen-bond donors (Lipinski definition) is 0. The van der Waals surface area contributed by atoms with E-state index in [4.69, 9.17) is 16.3 Å². The van der Waals surface area contributed by atoms with E-state index in [1.165, 1.54) is 5.57 Å². The summed E-state index contributed by atoms with van der Waals surface area (Å²) in [6, 6.07) is 3.56. The first-order chi connectivity index (χ1) is 10.9. The fraction of sp³-hybridized carbons (Fsp3) is 0.444. The highest BCUT2D eigenvalue weighted by molar-refractivity contribution is 6.29. The zero-order valence-electron chi connectivity index (χ0n) is 13.7. The summed E-state index contributed by atoms with van der Waals surface area (Å²) in [7, 11) is 0. The van der Waals surface area contributed by atoms with Gasteiger partial charge in [-0.3, -0.25) is 0 Å². The van der Waals surface area contributed by atoms with Gasteiger partial charge in [-0.1, -0.05) is 42.9 Å². The molecule has 1 amide bonds. The lowest BCUT2D eigenvalue weighted by atomic mass is 9.79. The molecule has 0 unspecified atom stereocenters. The molecular formula is C18H21ClN2O2. The summed E-state index contributed by atoms with van der Waals surface area (Å²) in [5, 5.41) is 0.438. The van der Waals surface area contributed by atoms with Gasteiger partial charge >= 0.3 is 6.09 Å². The van der Waals surface area contributed by atoms with E-state index in [2.05, 4.69) is 30.7 Å². The van der Waals surface area contributed by atoms with E-state index < -0.39 is 0 Å². The molecule has 0 bridgehead atoms. The molecule has 1 aromatic rings. The first-order valence-electron chi connectivity index (χ1n) is 7.66. The number of allylic oxidation sites excluding steroid dienone is 1. The SMILES string of the molecule is CCOC(=O)N1CC/C(=C\C#Cc2ccnc(Cl)c2)C(C)(C)C1. The van der Waals surface area contributed by atoms with E-state index in [-0.39, 0.29) is 11.5 Å². The number of nitrogens with zero attached hydrogens (tertiary/aromatic N) is 2. The number of amides is 1. The molecule has 23 heavy (non-hydrogen) atoms. The van der Waals surface area contributed by atoms with E-state index in [9.17, 15) is 4.79 Å². The Hall–Kier alpha value is -1.99. The maximum Gasteiger partial charge on any atom is 0.409 e. The molecule has 1 aliphatic rings. The minimum Gasteiger partial charge on any atom is -0.450 e. The lowest BCUT2D eigenvalue weighted by molar-refractivity contribution is 0.0862. The molecule has 0 aliphatic carbocycles. The van der Waals surface area contributed by atoms with Crippen LogP contribution in [-0.2, 0) is 4.74 Å². The van der Waals surface area contributed by atoms with Crippen LogP contribution in [0.15, 0.2) is 30.0 Å². The molecule has 0 saturated carbocycles. The Morgan fingerprint density at radius 2 is 2.35 bits per heavy atom. The third kappa shape index (κ3) is 4.74. The summed E-state index contributed by atoms with van der Waals surface area (Å²) in [5.74, 6) is 6.16. The number of carbonyl (C=O) groups excluding carboxylic acids is 1. The smallest absolute Gasteiger partial charge is 0.409 e. The minimum atomic E-state index is -0.239. The van der Waals surface area contributed by atoms with Gasteiger partial charge in [0.1, 0.15) is 5.15 Å². The monoisotopic (exact) mass is 332 g/mol. The third-order valence-corrected chi connectivity index (χ3v) is 4.03. The van der Waals surface area contributed by atoms with E-state index >= 15 is 0 Å². The molecule has 5 heteroatoms. The van der Waals surface area contributed by atoms with Gasteiger partial charge in [-0.25, -0.2) is 9.78 Å². The molecule has 2 heterocycles. The second kappa shape index (κ2) is 7.52. The van der Waals surface area contributed by atoms with E-state index in [1.54, 1.807) is 17.2 Å². The molecule has 0 atom stereocenters. The summed E-state index contributed by atoms with van der Waals surface area (Å²) in [5.41, 5.74) is 1.96. The van der Waals surface area contributed by atoms with Gasteiger partial charge in [0.05, 0.1) is 6.61 Å². The van der Waals surface area contributed by atoms with E-state index in [0.717, 1.165) is 12.0 Å². The van der Waals surface area contributed by atoms with Crippen LogP contribution < -0.4 is 0 Å². The number of pyridine rings is 1. The number of hydrogen-bond acceptors (Lipinski definition) is 3. The Balaban J connectivity index is 2.08. The molecular weight excluding hydrogens is 312 g/mol. The molecule has 0 radical (unpaired) electrons. The van der Waals surface area contributed by atoms with Crippen LogP contribution in [0.4, 0.5) is 4.79 Å². The lowest BCUT2D eigenvalue weighted by Crippen LogP contribution is -2.45. The molecule has 1 saturated heterocycles. The number of aromatic nitrogens is 1. The topological polar surface area (TPSA) is 42.4 Å². The van der Waals surface area contributed by atoms with Crippen LogP contribution in [0.3, 0.4) is 0 Å². The number of rotatable bonds is 1. The van der Waals surface area contributed by atoms with Crippen molar-refractivity contribution in [2.75, 3.05) is 19.7 Å². The number of carbonyl (C=O) groups is 1. The number of likely N-dealkylation sites (tertiary alicyclic amines) is 1. The number of piperidine rings is 1. The summed E-state index contributed by atoms with van der Waals surface area (Å²) in [4.78, 5) is 17.6. The zero-order chi connectivity index (χ0) is 16.9. The molecule has 4 nitrogen and oxygen atoms in total. The molecule has 0 aromatic carbocycles. The second-order valence-corrected chi connectivity index (χ2v) is 6.45. The lowest BCUT2D eigenvalue weighted by Gasteiger charge is -2.39. The van der Waals surface area contributed by atoms with Crippen molar-refractivity contribution in [1.29, 1.82) is 0 Å². The molecule has 1 fully saturated rings. The van der Waals surface area contributed by atoms with Crippen LogP contribution in [0.25, 0.3) is 0 Å². The van der Waals surface area contributed by atoms with Crippen LogP contribution in [0.5, 0.6) is 0 Å². The predicted octanol–water partition coefficient (Wildman–Crippen LogP) is 3.90. The van der Waals surface area contributed by atoms with E-state index in [0.29, 0.717) is 24.8 Å². The molecule has 1 aromatic heterocycles. The van der Waals surface area contributed by atoms with Gasteiger partial charge in [0.2, 0.25) is 0 Å². The minimum absolute atomic E-state index is 0.115. The standard InChI is InChI=1S/C18H21ClN2O2/c1-4-23-17(22)21-11-9-15(18(2,3)13-21)7-5-6-14-8-10-20-16(19)12-14/h7-8,10,12H,4,9,11,13H2,1-3H3/b15-7+. The van der Waals surface area contributed by atoms with Crippen molar-refractivity contribution in [2.45, 2.75) is 27.2 Å². The summed E-state index contributed by atoms with van der Waals surface area (Å²) in [6.45, 7) is 7.76. The van der Waals surface area contributed by atoms with Crippen molar-refractivity contribution in [1.82, 2.24) is 9.88 Å².